The summed E-state index contributed by atoms with van der Waals surface area (Å²) >= 11 is 0. The van der Waals surface area contributed by atoms with Gasteiger partial charge >= 0.3 is 0 Å². The van der Waals surface area contributed by atoms with E-state index in [0.717, 1.165) is 25.3 Å². The van der Waals surface area contributed by atoms with Gasteiger partial charge in [0, 0.05) is 25.1 Å². The molecule has 0 aromatic heterocycles. The van der Waals surface area contributed by atoms with Gasteiger partial charge in [0.25, 0.3) is 0 Å². The van der Waals surface area contributed by atoms with Crippen LogP contribution < -0.4 is 0 Å². The number of nitrogens with zero attached hydrogens (tertiary/aromatic N) is 1. The van der Waals surface area contributed by atoms with Crippen LogP contribution >= 0.6 is 0 Å². The highest BCUT2D eigenvalue weighted by Gasteiger charge is 2.45. The van der Waals surface area contributed by atoms with E-state index in [1.807, 2.05) is 0 Å². The molecular formula is C15H25NO2. The minimum Gasteiger partial charge on any atom is -0.396 e. The lowest BCUT2D eigenvalue weighted by atomic mass is 9.85. The van der Waals surface area contributed by atoms with Gasteiger partial charge in [0.15, 0.2) is 0 Å². The van der Waals surface area contributed by atoms with E-state index in [1.165, 1.54) is 38.5 Å². The Kier molecular flexibility index (Phi) is 3.60. The number of amides is 1. The van der Waals surface area contributed by atoms with Crippen LogP contribution in [0.3, 0.4) is 0 Å². The molecular weight excluding hydrogens is 226 g/mol. The smallest absolute Gasteiger partial charge is 0.226 e. The van der Waals surface area contributed by atoms with Crippen molar-refractivity contribution in [1.29, 1.82) is 0 Å². The Morgan fingerprint density at radius 1 is 1.17 bits per heavy atom. The van der Waals surface area contributed by atoms with E-state index in [-0.39, 0.29) is 6.61 Å². The number of aliphatic hydroxyl groups is 1. The van der Waals surface area contributed by atoms with Crippen molar-refractivity contribution in [3.05, 3.63) is 0 Å². The monoisotopic (exact) mass is 251 g/mol. The molecule has 0 radical (unpaired) electrons. The molecule has 0 spiro atoms. The highest BCUT2D eigenvalue weighted by Crippen LogP contribution is 2.49. The Labute approximate surface area is 110 Å². The first-order valence-electron chi connectivity index (χ1n) is 7.71. The largest absolute Gasteiger partial charge is 0.396 e. The topological polar surface area (TPSA) is 40.5 Å². The molecule has 0 saturated heterocycles. The van der Waals surface area contributed by atoms with Gasteiger partial charge in [-0.05, 0) is 56.8 Å². The summed E-state index contributed by atoms with van der Waals surface area (Å²) in [5, 5.41) is 9.00. The maximum Gasteiger partial charge on any atom is 0.226 e. The third kappa shape index (κ3) is 2.18. The summed E-state index contributed by atoms with van der Waals surface area (Å²) in [6, 6.07) is 0.489. The van der Waals surface area contributed by atoms with E-state index >= 15 is 0 Å². The van der Waals surface area contributed by atoms with E-state index in [4.69, 9.17) is 5.11 Å². The van der Waals surface area contributed by atoms with Crippen LogP contribution in [0.25, 0.3) is 0 Å². The number of carbonyl (C=O) groups is 1. The molecule has 3 rings (SSSR count). The van der Waals surface area contributed by atoms with Gasteiger partial charge in [0.1, 0.15) is 0 Å². The summed E-state index contributed by atoms with van der Waals surface area (Å²) in [6.07, 6.45) is 9.44. The first kappa shape index (κ1) is 12.5. The Morgan fingerprint density at radius 3 is 2.50 bits per heavy atom. The van der Waals surface area contributed by atoms with Crippen LogP contribution in [0.2, 0.25) is 0 Å². The molecule has 3 aliphatic carbocycles. The number of aliphatic hydroxyl groups excluding tert-OH is 1. The second kappa shape index (κ2) is 5.20. The summed E-state index contributed by atoms with van der Waals surface area (Å²) < 4.78 is 0. The zero-order chi connectivity index (χ0) is 12.5. The molecule has 3 unspecified atom stereocenters. The SMILES string of the molecule is O=C(C1CC2CCC1C2)N(CCCO)C1CCC1. The number of rotatable bonds is 5. The predicted octanol–water partition coefficient (Wildman–Crippen LogP) is 2.19. The summed E-state index contributed by atoms with van der Waals surface area (Å²) in [4.78, 5) is 14.8. The van der Waals surface area contributed by atoms with E-state index in [9.17, 15) is 4.79 Å². The minimum atomic E-state index is 0.202. The fourth-order valence-corrected chi connectivity index (χ4v) is 4.17. The maximum atomic E-state index is 12.7. The molecule has 18 heavy (non-hydrogen) atoms. The first-order chi connectivity index (χ1) is 8.79. The summed E-state index contributed by atoms with van der Waals surface area (Å²) in [6.45, 7) is 0.973. The van der Waals surface area contributed by atoms with Crippen LogP contribution in [0.15, 0.2) is 0 Å². The Hall–Kier alpha value is -0.570. The lowest BCUT2D eigenvalue weighted by Gasteiger charge is -2.40. The Morgan fingerprint density at radius 2 is 2.00 bits per heavy atom. The fraction of sp³-hybridized carbons (Fsp3) is 0.933. The highest BCUT2D eigenvalue weighted by molar-refractivity contribution is 5.80. The molecule has 3 nitrogen and oxygen atoms in total. The van der Waals surface area contributed by atoms with Gasteiger partial charge in [0.2, 0.25) is 5.91 Å². The van der Waals surface area contributed by atoms with Crippen molar-refractivity contribution in [1.82, 2.24) is 4.90 Å². The molecule has 102 valence electrons. The molecule has 0 aromatic carbocycles. The maximum absolute atomic E-state index is 12.7. The highest BCUT2D eigenvalue weighted by atomic mass is 16.3. The average molecular weight is 251 g/mol. The van der Waals surface area contributed by atoms with Crippen LogP contribution in [-0.4, -0.2) is 35.1 Å². The van der Waals surface area contributed by atoms with E-state index < -0.39 is 0 Å². The quantitative estimate of drug-likeness (QED) is 0.813. The van der Waals surface area contributed by atoms with Crippen molar-refractivity contribution in [2.75, 3.05) is 13.2 Å². The summed E-state index contributed by atoms with van der Waals surface area (Å²) in [5.74, 6) is 2.26. The number of fused-ring (bicyclic) bond motifs is 2. The van der Waals surface area contributed by atoms with Gasteiger partial charge in [-0.2, -0.15) is 0 Å². The van der Waals surface area contributed by atoms with Crippen LogP contribution in [0.5, 0.6) is 0 Å². The second-order valence-electron chi connectivity index (χ2n) is 6.47. The number of hydrogen-bond acceptors (Lipinski definition) is 2. The van der Waals surface area contributed by atoms with Gasteiger partial charge in [-0.1, -0.05) is 6.42 Å². The number of hydrogen-bond donors (Lipinski definition) is 1. The van der Waals surface area contributed by atoms with E-state index in [0.29, 0.717) is 23.8 Å². The van der Waals surface area contributed by atoms with Gasteiger partial charge in [-0.15, -0.1) is 0 Å². The fourth-order valence-electron chi connectivity index (χ4n) is 4.17. The predicted molar refractivity (Wildman–Crippen MR) is 70.0 cm³/mol. The molecule has 3 atom stereocenters. The van der Waals surface area contributed by atoms with Gasteiger partial charge in [-0.3, -0.25) is 4.79 Å². The van der Waals surface area contributed by atoms with Crippen molar-refractivity contribution < 1.29 is 9.90 Å². The lowest BCUT2D eigenvalue weighted by Crippen LogP contribution is -2.48. The van der Waals surface area contributed by atoms with E-state index in [1.54, 1.807) is 0 Å². The Bertz CT molecular complexity index is 314. The average Bonchev–Trinajstić information content (AvgIpc) is 2.93. The van der Waals surface area contributed by atoms with Crippen molar-refractivity contribution in [2.45, 2.75) is 57.4 Å². The zero-order valence-electron chi connectivity index (χ0n) is 11.2. The van der Waals surface area contributed by atoms with Crippen molar-refractivity contribution in [3.8, 4) is 0 Å². The molecule has 1 N–H and O–H groups in total. The molecule has 0 aliphatic heterocycles. The molecule has 0 heterocycles. The molecule has 3 saturated carbocycles. The zero-order valence-corrected chi connectivity index (χ0v) is 11.2. The molecule has 3 heteroatoms. The third-order valence-electron chi connectivity index (χ3n) is 5.41. The molecule has 2 bridgehead atoms. The van der Waals surface area contributed by atoms with Gasteiger partial charge < -0.3 is 10.0 Å². The molecule has 3 fully saturated rings. The van der Waals surface area contributed by atoms with Crippen molar-refractivity contribution in [2.24, 2.45) is 17.8 Å². The van der Waals surface area contributed by atoms with Crippen molar-refractivity contribution in [3.63, 3.8) is 0 Å². The van der Waals surface area contributed by atoms with Crippen LogP contribution in [0.4, 0.5) is 0 Å². The van der Waals surface area contributed by atoms with Crippen LogP contribution in [-0.2, 0) is 4.79 Å². The summed E-state index contributed by atoms with van der Waals surface area (Å²) in [5.41, 5.74) is 0. The first-order valence-corrected chi connectivity index (χ1v) is 7.71. The van der Waals surface area contributed by atoms with E-state index in [2.05, 4.69) is 4.90 Å². The summed E-state index contributed by atoms with van der Waals surface area (Å²) in [7, 11) is 0. The van der Waals surface area contributed by atoms with Gasteiger partial charge in [0.05, 0.1) is 0 Å². The molecule has 1 amide bonds. The lowest BCUT2D eigenvalue weighted by molar-refractivity contribution is -0.141. The van der Waals surface area contributed by atoms with Crippen LogP contribution in [0, 0.1) is 17.8 Å². The van der Waals surface area contributed by atoms with Crippen molar-refractivity contribution >= 4 is 5.91 Å². The third-order valence-corrected chi connectivity index (χ3v) is 5.41. The standard InChI is InChI=1S/C15H25NO2/c17-8-2-7-16(13-3-1-4-13)15(18)14-10-11-5-6-12(14)9-11/h11-14,17H,1-10H2. The molecule has 0 aromatic rings. The van der Waals surface area contributed by atoms with Crippen LogP contribution in [0.1, 0.15) is 51.4 Å². The second-order valence-corrected chi connectivity index (χ2v) is 6.47. The normalized spacial score (nSPS) is 34.6. The minimum absolute atomic E-state index is 0.202. The number of carbonyl (C=O) groups excluding carboxylic acids is 1. The molecule has 3 aliphatic rings. The Balaban J connectivity index is 1.63. The van der Waals surface area contributed by atoms with Gasteiger partial charge in [-0.25, -0.2) is 0 Å².